The number of hydrogen-bond acceptors (Lipinski definition) is 10. The first kappa shape index (κ1) is 48.1. The van der Waals surface area contributed by atoms with Gasteiger partial charge in [0, 0.05) is 75.3 Å². The molecule has 0 saturated carbocycles. The summed E-state index contributed by atoms with van der Waals surface area (Å²) in [6, 6.07) is 28.6. The van der Waals surface area contributed by atoms with E-state index in [0.717, 1.165) is 61.7 Å². The fourth-order valence-corrected chi connectivity index (χ4v) is 10.2. The Balaban J connectivity index is 0.889. The Hall–Kier alpha value is -6.38. The maximum absolute atomic E-state index is 13.9. The van der Waals surface area contributed by atoms with Crippen molar-refractivity contribution in [2.24, 2.45) is 0 Å². The SMILES string of the molecule is CCc1cc(C(=O)N2CCC(N(C)CCc3ccccc3)CC2)cc2c1N(OC(=O)C(=O)ON1C(=O)CCc3cc(C(=O)N4CCC(N(C)CCc5ccccc5)CC4)cc(CC)c31)C(=O)CC2. The number of carbonyl (C=O) groups is 6. The molecule has 2 fully saturated rings. The van der Waals surface area contributed by atoms with Crippen molar-refractivity contribution in [2.75, 3.05) is 63.5 Å². The van der Waals surface area contributed by atoms with Gasteiger partial charge in [-0.3, -0.25) is 19.2 Å². The van der Waals surface area contributed by atoms with Crippen LogP contribution in [0.3, 0.4) is 0 Å². The average molecular weight is 925 g/mol. The highest BCUT2D eigenvalue weighted by Gasteiger charge is 2.38. The van der Waals surface area contributed by atoms with Gasteiger partial charge >= 0.3 is 11.9 Å². The molecular formula is C54H64N6O8. The molecule has 4 aliphatic rings. The predicted octanol–water partition coefficient (Wildman–Crippen LogP) is 6.54. The highest BCUT2D eigenvalue weighted by atomic mass is 16.8. The van der Waals surface area contributed by atoms with Crippen LogP contribution in [0.2, 0.25) is 0 Å². The van der Waals surface area contributed by atoms with Crippen LogP contribution in [-0.2, 0) is 67.4 Å². The number of piperidine rings is 2. The molecule has 0 aromatic heterocycles. The van der Waals surface area contributed by atoms with Crippen LogP contribution in [0, 0.1) is 0 Å². The maximum Gasteiger partial charge on any atom is 0.444 e. The zero-order valence-electron chi connectivity index (χ0n) is 39.9. The fraction of sp³-hybridized carbons (Fsp3) is 0.444. The normalized spacial score (nSPS) is 16.8. The third-order valence-corrected chi connectivity index (χ3v) is 14.3. The van der Waals surface area contributed by atoms with E-state index in [2.05, 4.69) is 72.4 Å². The first-order valence-corrected chi connectivity index (χ1v) is 24.4. The van der Waals surface area contributed by atoms with E-state index in [-0.39, 0.29) is 24.7 Å². The van der Waals surface area contributed by atoms with E-state index in [1.54, 1.807) is 24.3 Å². The lowest BCUT2D eigenvalue weighted by Crippen LogP contribution is -2.46. The summed E-state index contributed by atoms with van der Waals surface area (Å²) in [4.78, 5) is 101. The number of carbonyl (C=O) groups excluding carboxylic acids is 6. The zero-order valence-corrected chi connectivity index (χ0v) is 39.9. The van der Waals surface area contributed by atoms with Crippen LogP contribution in [0.1, 0.15) is 106 Å². The average Bonchev–Trinajstić information content (AvgIpc) is 3.38. The lowest BCUT2D eigenvalue weighted by molar-refractivity contribution is -0.172. The molecule has 0 unspecified atom stereocenters. The first-order valence-electron chi connectivity index (χ1n) is 24.4. The second kappa shape index (κ2) is 21.7. The molecule has 8 rings (SSSR count). The third kappa shape index (κ3) is 10.8. The van der Waals surface area contributed by atoms with Crippen LogP contribution in [0.15, 0.2) is 84.9 Å². The van der Waals surface area contributed by atoms with Crippen molar-refractivity contribution in [3.63, 3.8) is 0 Å². The van der Waals surface area contributed by atoms with Crippen LogP contribution in [0.25, 0.3) is 0 Å². The van der Waals surface area contributed by atoms with Crippen molar-refractivity contribution in [3.8, 4) is 0 Å². The third-order valence-electron chi connectivity index (χ3n) is 14.3. The van der Waals surface area contributed by atoms with E-state index in [0.29, 0.717) is 109 Å². The largest absolute Gasteiger partial charge is 0.444 e. The van der Waals surface area contributed by atoms with Crippen LogP contribution >= 0.6 is 0 Å². The van der Waals surface area contributed by atoms with Gasteiger partial charge in [0.25, 0.3) is 23.6 Å². The highest BCUT2D eigenvalue weighted by Crippen LogP contribution is 2.37. The summed E-state index contributed by atoms with van der Waals surface area (Å²) in [5.74, 6) is -4.22. The lowest BCUT2D eigenvalue weighted by atomic mass is 9.93. The molecule has 4 amide bonds. The van der Waals surface area contributed by atoms with Crippen LogP contribution < -0.4 is 10.1 Å². The molecule has 0 radical (unpaired) electrons. The van der Waals surface area contributed by atoms with Gasteiger partial charge in [0.05, 0.1) is 11.4 Å². The van der Waals surface area contributed by atoms with Crippen LogP contribution in [-0.4, -0.2) is 121 Å². The summed E-state index contributed by atoms with van der Waals surface area (Å²) in [5, 5.41) is 1.67. The minimum Gasteiger partial charge on any atom is -0.339 e. The minimum absolute atomic E-state index is 0.0143. The molecule has 68 heavy (non-hydrogen) atoms. The molecule has 14 heteroatoms. The van der Waals surface area contributed by atoms with Crippen molar-refractivity contribution in [3.05, 3.63) is 129 Å². The summed E-state index contributed by atoms with van der Waals surface area (Å²) in [7, 11) is 4.29. The summed E-state index contributed by atoms with van der Waals surface area (Å²) < 4.78 is 0. The smallest absolute Gasteiger partial charge is 0.339 e. The van der Waals surface area contributed by atoms with E-state index < -0.39 is 23.8 Å². The second-order valence-electron chi connectivity index (χ2n) is 18.6. The van der Waals surface area contributed by atoms with Crippen molar-refractivity contribution in [1.82, 2.24) is 19.6 Å². The molecule has 14 nitrogen and oxygen atoms in total. The highest BCUT2D eigenvalue weighted by molar-refractivity contribution is 6.31. The number of fused-ring (bicyclic) bond motifs is 2. The first-order chi connectivity index (χ1) is 32.9. The Labute approximate surface area is 399 Å². The van der Waals surface area contributed by atoms with E-state index in [9.17, 15) is 28.8 Å². The molecule has 4 heterocycles. The molecule has 358 valence electrons. The maximum atomic E-state index is 13.9. The van der Waals surface area contributed by atoms with Gasteiger partial charge in [-0.05, 0) is 136 Å². The van der Waals surface area contributed by atoms with Gasteiger partial charge in [0.15, 0.2) is 0 Å². The predicted molar refractivity (Wildman–Crippen MR) is 259 cm³/mol. The van der Waals surface area contributed by atoms with Gasteiger partial charge in [-0.15, -0.1) is 10.1 Å². The molecule has 0 aliphatic carbocycles. The number of hydrogen-bond donors (Lipinski definition) is 0. The molecular weight excluding hydrogens is 861 g/mol. The lowest BCUT2D eigenvalue weighted by Gasteiger charge is -2.37. The van der Waals surface area contributed by atoms with E-state index in [1.807, 2.05) is 35.8 Å². The van der Waals surface area contributed by atoms with Gasteiger partial charge in [0.2, 0.25) is 0 Å². The van der Waals surface area contributed by atoms with Gasteiger partial charge < -0.3 is 29.3 Å². The topological polar surface area (TPSA) is 140 Å². The molecule has 0 spiro atoms. The molecule has 0 bridgehead atoms. The Morgan fingerprint density at radius 3 is 1.26 bits per heavy atom. The number of likely N-dealkylation sites (tertiary alicyclic amines) is 2. The number of amides is 4. The molecule has 2 saturated heterocycles. The number of anilines is 2. The monoisotopic (exact) mass is 924 g/mol. The second-order valence-corrected chi connectivity index (χ2v) is 18.6. The van der Waals surface area contributed by atoms with Gasteiger partial charge in [-0.25, -0.2) is 9.59 Å². The molecule has 0 atom stereocenters. The number of likely N-dealkylation sites (N-methyl/N-ethyl adjacent to an activating group) is 2. The zero-order chi connectivity index (χ0) is 47.9. The molecule has 0 N–H and O–H groups in total. The Morgan fingerprint density at radius 2 is 0.912 bits per heavy atom. The number of rotatable bonds is 14. The fourth-order valence-electron chi connectivity index (χ4n) is 10.2. The van der Waals surface area contributed by atoms with Gasteiger partial charge in [0.1, 0.15) is 0 Å². The standard InChI is InChI=1S/C54H64N6O8/c1-5-39-33-43(51(63)57-29-23-45(24-30-57)55(3)27-21-37-13-9-7-10-14-37)35-41-17-19-47(61)59(49(39)41)67-53(65)54(66)68-60-48(62)20-18-42-36-44(34-40(6-2)50(42)60)52(64)58-31-25-46(26-32-58)56(4)28-22-38-15-11-8-12-16-38/h7-16,33-36,45-46H,5-6,17-32H2,1-4H3. The quantitative estimate of drug-likeness (QED) is 0.128. The van der Waals surface area contributed by atoms with Crippen molar-refractivity contribution >= 4 is 46.9 Å². The molecule has 4 aromatic carbocycles. The Bertz CT molecular complexity index is 2290. The molecule has 4 aliphatic heterocycles. The van der Waals surface area contributed by atoms with Gasteiger partial charge in [-0.1, -0.05) is 74.5 Å². The minimum atomic E-state index is -1.48. The summed E-state index contributed by atoms with van der Waals surface area (Å²) >= 11 is 0. The summed E-state index contributed by atoms with van der Waals surface area (Å²) in [6.07, 6.45) is 6.82. The van der Waals surface area contributed by atoms with Crippen molar-refractivity contribution < 1.29 is 38.4 Å². The number of aryl methyl sites for hydroxylation is 4. The van der Waals surface area contributed by atoms with Crippen LogP contribution in [0.4, 0.5) is 11.4 Å². The number of nitrogens with zero attached hydrogens (tertiary/aromatic N) is 6. The molecule has 4 aromatic rings. The van der Waals surface area contributed by atoms with E-state index >= 15 is 0 Å². The summed E-state index contributed by atoms with van der Waals surface area (Å²) in [6.45, 7) is 8.14. The van der Waals surface area contributed by atoms with Crippen molar-refractivity contribution in [2.45, 2.75) is 103 Å². The summed E-state index contributed by atoms with van der Waals surface area (Å²) in [5.41, 5.74) is 6.78. The van der Waals surface area contributed by atoms with Gasteiger partial charge in [-0.2, -0.15) is 0 Å². The number of hydroxylamine groups is 2. The van der Waals surface area contributed by atoms with E-state index in [1.165, 1.54) is 11.1 Å². The van der Waals surface area contributed by atoms with Crippen molar-refractivity contribution in [1.29, 1.82) is 0 Å². The number of benzene rings is 4. The Kier molecular flexibility index (Phi) is 15.4. The van der Waals surface area contributed by atoms with E-state index in [4.69, 9.17) is 9.68 Å². The Morgan fingerprint density at radius 1 is 0.544 bits per heavy atom. The van der Waals surface area contributed by atoms with Crippen LogP contribution in [0.5, 0.6) is 0 Å².